The number of carbonyl (C=O) groups is 2. The van der Waals surface area contributed by atoms with Crippen molar-refractivity contribution in [1.82, 2.24) is 10.9 Å². The van der Waals surface area contributed by atoms with E-state index in [1.807, 2.05) is 38.1 Å². The number of rotatable bonds is 7. The second-order valence-electron chi connectivity index (χ2n) is 5.88. The van der Waals surface area contributed by atoms with Crippen LogP contribution in [0.4, 0.5) is 0 Å². The molecule has 0 aliphatic heterocycles. The summed E-state index contributed by atoms with van der Waals surface area (Å²) in [6.07, 6.45) is 1.06. The number of methoxy groups -OCH3 is 1. The molecular formula is C20H24N2O4. The lowest BCUT2D eigenvalue weighted by molar-refractivity contribution is -0.121. The van der Waals surface area contributed by atoms with Crippen molar-refractivity contribution in [2.75, 3.05) is 13.7 Å². The zero-order valence-corrected chi connectivity index (χ0v) is 15.3. The number of hydrogen-bond donors (Lipinski definition) is 2. The molecule has 0 atom stereocenters. The number of amides is 2. The Balaban J connectivity index is 1.92. The highest BCUT2D eigenvalue weighted by Crippen LogP contribution is 2.28. The van der Waals surface area contributed by atoms with Crippen molar-refractivity contribution in [3.8, 4) is 11.5 Å². The van der Waals surface area contributed by atoms with E-state index in [1.54, 1.807) is 18.2 Å². The second kappa shape index (κ2) is 9.46. The van der Waals surface area contributed by atoms with Crippen LogP contribution >= 0.6 is 0 Å². The summed E-state index contributed by atoms with van der Waals surface area (Å²) in [5.41, 5.74) is 7.20. The van der Waals surface area contributed by atoms with E-state index >= 15 is 0 Å². The highest BCUT2D eigenvalue weighted by atomic mass is 16.5. The number of hydrazine groups is 1. The van der Waals surface area contributed by atoms with Gasteiger partial charge in [0.2, 0.25) is 5.91 Å². The summed E-state index contributed by atoms with van der Waals surface area (Å²) < 4.78 is 10.8. The Bertz CT molecular complexity index is 757. The third kappa shape index (κ3) is 5.51. The summed E-state index contributed by atoms with van der Waals surface area (Å²) in [5.74, 6) is 0.325. The van der Waals surface area contributed by atoms with Gasteiger partial charge in [-0.05, 0) is 37.1 Å². The van der Waals surface area contributed by atoms with Crippen molar-refractivity contribution in [3.05, 3.63) is 59.2 Å². The van der Waals surface area contributed by atoms with E-state index in [-0.39, 0.29) is 12.3 Å². The molecule has 0 heterocycles. The Morgan fingerprint density at radius 3 is 2.38 bits per heavy atom. The first-order valence-corrected chi connectivity index (χ1v) is 8.49. The van der Waals surface area contributed by atoms with Crippen molar-refractivity contribution < 1.29 is 19.1 Å². The molecule has 0 unspecified atom stereocenters. The van der Waals surface area contributed by atoms with Gasteiger partial charge in [-0.2, -0.15) is 0 Å². The SMILES string of the molecule is CCCOc1ccc(C(=O)NNC(=O)Cc2ccc(C)cc2)cc1OC. The Hall–Kier alpha value is -3.02. The van der Waals surface area contributed by atoms with Crippen molar-refractivity contribution in [2.24, 2.45) is 0 Å². The van der Waals surface area contributed by atoms with Gasteiger partial charge >= 0.3 is 0 Å². The molecule has 2 rings (SSSR count). The van der Waals surface area contributed by atoms with Crippen LogP contribution in [0.25, 0.3) is 0 Å². The highest BCUT2D eigenvalue weighted by molar-refractivity contribution is 5.96. The van der Waals surface area contributed by atoms with E-state index in [4.69, 9.17) is 9.47 Å². The van der Waals surface area contributed by atoms with Crippen LogP contribution in [-0.2, 0) is 11.2 Å². The maximum atomic E-state index is 12.2. The summed E-state index contributed by atoms with van der Waals surface area (Å²) in [5, 5.41) is 0. The smallest absolute Gasteiger partial charge is 0.269 e. The number of aryl methyl sites for hydroxylation is 1. The Morgan fingerprint density at radius 1 is 1.00 bits per heavy atom. The standard InChI is InChI=1S/C20H24N2O4/c1-4-11-26-17-10-9-16(13-18(17)25-3)20(24)22-21-19(23)12-15-7-5-14(2)6-8-15/h5-10,13H,4,11-12H2,1-3H3,(H,21,23)(H,22,24). The zero-order chi connectivity index (χ0) is 18.9. The van der Waals surface area contributed by atoms with Gasteiger partial charge in [-0.1, -0.05) is 36.8 Å². The predicted molar refractivity (Wildman–Crippen MR) is 99.3 cm³/mol. The number of carbonyl (C=O) groups excluding carboxylic acids is 2. The minimum Gasteiger partial charge on any atom is -0.493 e. The fourth-order valence-electron chi connectivity index (χ4n) is 2.27. The van der Waals surface area contributed by atoms with Gasteiger partial charge in [-0.3, -0.25) is 20.4 Å². The molecule has 0 radical (unpaired) electrons. The summed E-state index contributed by atoms with van der Waals surface area (Å²) in [7, 11) is 1.51. The maximum Gasteiger partial charge on any atom is 0.269 e. The summed E-state index contributed by atoms with van der Waals surface area (Å²) >= 11 is 0. The first kappa shape index (κ1) is 19.3. The van der Waals surface area contributed by atoms with Crippen molar-refractivity contribution in [2.45, 2.75) is 26.7 Å². The topological polar surface area (TPSA) is 76.7 Å². The molecule has 0 fully saturated rings. The van der Waals surface area contributed by atoms with Crippen LogP contribution in [0.1, 0.15) is 34.8 Å². The molecular weight excluding hydrogens is 332 g/mol. The first-order valence-electron chi connectivity index (χ1n) is 8.49. The molecule has 0 aliphatic rings. The van der Waals surface area contributed by atoms with E-state index in [2.05, 4.69) is 10.9 Å². The van der Waals surface area contributed by atoms with E-state index in [9.17, 15) is 9.59 Å². The molecule has 26 heavy (non-hydrogen) atoms. The lowest BCUT2D eigenvalue weighted by Crippen LogP contribution is -2.42. The van der Waals surface area contributed by atoms with Gasteiger partial charge in [-0.15, -0.1) is 0 Å². The molecule has 2 aromatic carbocycles. The van der Waals surface area contributed by atoms with Gasteiger partial charge in [0.25, 0.3) is 5.91 Å². The minimum absolute atomic E-state index is 0.188. The minimum atomic E-state index is -0.428. The van der Waals surface area contributed by atoms with Gasteiger partial charge in [0.05, 0.1) is 20.1 Å². The third-order valence-electron chi connectivity index (χ3n) is 3.69. The van der Waals surface area contributed by atoms with E-state index in [0.29, 0.717) is 23.7 Å². The van der Waals surface area contributed by atoms with Gasteiger partial charge in [0, 0.05) is 5.56 Å². The highest BCUT2D eigenvalue weighted by Gasteiger charge is 2.12. The molecule has 2 aromatic rings. The van der Waals surface area contributed by atoms with Gasteiger partial charge in [-0.25, -0.2) is 0 Å². The van der Waals surface area contributed by atoms with Crippen LogP contribution in [0.2, 0.25) is 0 Å². The fraction of sp³-hybridized carbons (Fsp3) is 0.300. The van der Waals surface area contributed by atoms with E-state index < -0.39 is 5.91 Å². The monoisotopic (exact) mass is 356 g/mol. The first-order chi connectivity index (χ1) is 12.5. The van der Waals surface area contributed by atoms with Crippen LogP contribution in [0.15, 0.2) is 42.5 Å². The maximum absolute atomic E-state index is 12.2. The molecule has 138 valence electrons. The number of benzene rings is 2. The molecule has 0 aromatic heterocycles. The number of hydrogen-bond acceptors (Lipinski definition) is 4. The van der Waals surface area contributed by atoms with Crippen LogP contribution < -0.4 is 20.3 Å². The van der Waals surface area contributed by atoms with Crippen molar-refractivity contribution >= 4 is 11.8 Å². The average molecular weight is 356 g/mol. The Labute approximate surface area is 153 Å². The summed E-state index contributed by atoms with van der Waals surface area (Å²) in [4.78, 5) is 24.2. The number of nitrogens with one attached hydrogen (secondary N) is 2. The van der Waals surface area contributed by atoms with Gasteiger partial charge in [0.15, 0.2) is 11.5 Å². The van der Waals surface area contributed by atoms with Gasteiger partial charge < -0.3 is 9.47 Å². The van der Waals surface area contributed by atoms with Crippen molar-refractivity contribution in [1.29, 1.82) is 0 Å². The van der Waals surface area contributed by atoms with Crippen LogP contribution in [-0.4, -0.2) is 25.5 Å². The van der Waals surface area contributed by atoms with Gasteiger partial charge in [0.1, 0.15) is 0 Å². The number of ether oxygens (including phenoxy) is 2. The second-order valence-corrected chi connectivity index (χ2v) is 5.88. The third-order valence-corrected chi connectivity index (χ3v) is 3.69. The zero-order valence-electron chi connectivity index (χ0n) is 15.3. The molecule has 0 bridgehead atoms. The quantitative estimate of drug-likeness (QED) is 0.748. The molecule has 6 nitrogen and oxygen atoms in total. The predicted octanol–water partition coefficient (Wildman–Crippen LogP) is 2.80. The van der Waals surface area contributed by atoms with Crippen LogP contribution in [0.5, 0.6) is 11.5 Å². The molecule has 6 heteroatoms. The van der Waals surface area contributed by atoms with E-state index in [0.717, 1.165) is 17.5 Å². The largest absolute Gasteiger partial charge is 0.493 e. The van der Waals surface area contributed by atoms with Crippen molar-refractivity contribution in [3.63, 3.8) is 0 Å². The Morgan fingerprint density at radius 2 is 1.73 bits per heavy atom. The lowest BCUT2D eigenvalue weighted by atomic mass is 10.1. The molecule has 0 saturated carbocycles. The average Bonchev–Trinajstić information content (AvgIpc) is 2.66. The van der Waals surface area contributed by atoms with Crippen LogP contribution in [0, 0.1) is 6.92 Å². The fourth-order valence-corrected chi connectivity index (χ4v) is 2.27. The van der Waals surface area contributed by atoms with E-state index in [1.165, 1.54) is 7.11 Å². The molecule has 0 saturated heterocycles. The Kier molecular flexibility index (Phi) is 7.02. The normalized spacial score (nSPS) is 10.1. The summed E-state index contributed by atoms with van der Waals surface area (Å²) in [6, 6.07) is 12.5. The van der Waals surface area contributed by atoms with Crippen LogP contribution in [0.3, 0.4) is 0 Å². The lowest BCUT2D eigenvalue weighted by Gasteiger charge is -2.12. The molecule has 2 N–H and O–H groups in total. The molecule has 0 aliphatic carbocycles. The molecule has 0 spiro atoms. The summed E-state index contributed by atoms with van der Waals surface area (Å²) in [6.45, 7) is 4.56. The molecule has 2 amide bonds.